The van der Waals surface area contributed by atoms with E-state index in [4.69, 9.17) is 21.3 Å². The zero-order valence-electron chi connectivity index (χ0n) is 22.7. The van der Waals surface area contributed by atoms with E-state index in [1.807, 2.05) is 0 Å². The Balaban J connectivity index is 1.77. The van der Waals surface area contributed by atoms with Gasteiger partial charge in [-0.1, -0.05) is 11.6 Å². The second kappa shape index (κ2) is 10.1. The van der Waals surface area contributed by atoms with Crippen LogP contribution in [0.3, 0.4) is 0 Å². The lowest BCUT2D eigenvalue weighted by Crippen LogP contribution is -2.60. The summed E-state index contributed by atoms with van der Waals surface area (Å²) in [7, 11) is -3.11. The van der Waals surface area contributed by atoms with Crippen LogP contribution in [-0.4, -0.2) is 54.0 Å². The van der Waals surface area contributed by atoms with E-state index in [0.717, 1.165) is 12.3 Å². The number of aliphatic imine (C=N–C) groups is 1. The Labute approximate surface area is 234 Å². The fourth-order valence-electron chi connectivity index (χ4n) is 4.86. The number of amidine groups is 1. The molecule has 1 unspecified atom stereocenters. The smallest absolute Gasteiger partial charge is 0.413 e. The van der Waals surface area contributed by atoms with Gasteiger partial charge in [0.1, 0.15) is 27.5 Å². The van der Waals surface area contributed by atoms with Crippen LogP contribution < -0.4 is 10.6 Å². The van der Waals surface area contributed by atoms with Crippen molar-refractivity contribution in [2.75, 3.05) is 11.9 Å². The second-order valence-corrected chi connectivity index (χ2v) is 14.6. The summed E-state index contributed by atoms with van der Waals surface area (Å²) in [4.78, 5) is 30.2. The molecule has 0 spiro atoms. The van der Waals surface area contributed by atoms with E-state index in [9.17, 15) is 22.6 Å². The van der Waals surface area contributed by atoms with Crippen molar-refractivity contribution in [1.29, 1.82) is 0 Å². The average Bonchev–Trinajstić information content (AvgIpc) is 3.42. The Kier molecular flexibility index (Phi) is 7.50. The Morgan fingerprint density at radius 1 is 1.23 bits per heavy atom. The predicted octanol–water partition coefficient (Wildman–Crippen LogP) is 5.49. The van der Waals surface area contributed by atoms with Gasteiger partial charge < -0.3 is 10.1 Å². The Morgan fingerprint density at radius 2 is 1.90 bits per heavy atom. The lowest BCUT2D eigenvalue weighted by atomic mass is 9.85. The van der Waals surface area contributed by atoms with E-state index < -0.39 is 60.9 Å². The van der Waals surface area contributed by atoms with Crippen LogP contribution in [0.25, 0.3) is 0 Å². The quantitative estimate of drug-likeness (QED) is 0.478. The molecule has 4 rings (SSSR count). The van der Waals surface area contributed by atoms with E-state index in [0.29, 0.717) is 6.42 Å². The molecule has 2 aliphatic heterocycles. The zero-order valence-corrected chi connectivity index (χ0v) is 24.3. The summed E-state index contributed by atoms with van der Waals surface area (Å²) in [5.74, 6) is -1.57. The van der Waals surface area contributed by atoms with Gasteiger partial charge in [-0.2, -0.15) is 13.9 Å². The van der Waals surface area contributed by atoms with E-state index in [-0.39, 0.29) is 33.3 Å². The van der Waals surface area contributed by atoms with E-state index in [2.05, 4.69) is 20.1 Å². The summed E-state index contributed by atoms with van der Waals surface area (Å²) < 4.78 is 64.7. The molecule has 40 heavy (non-hydrogen) atoms. The van der Waals surface area contributed by atoms with Crippen LogP contribution in [-0.2, 0) is 20.0 Å². The number of ether oxygens (including phenoxy) is 1. The molecule has 0 fully saturated rings. The Morgan fingerprint density at radius 3 is 2.50 bits per heavy atom. The van der Waals surface area contributed by atoms with Gasteiger partial charge in [0.15, 0.2) is 5.69 Å². The number of nitrogens with zero attached hydrogens (tertiary/aromatic N) is 4. The van der Waals surface area contributed by atoms with Crippen LogP contribution in [0.2, 0.25) is 5.02 Å². The molecule has 218 valence electrons. The summed E-state index contributed by atoms with van der Waals surface area (Å²) in [6.45, 7) is 7.22. The van der Waals surface area contributed by atoms with Gasteiger partial charge in [0.25, 0.3) is 5.91 Å². The van der Waals surface area contributed by atoms with E-state index in [1.165, 1.54) is 12.1 Å². The van der Waals surface area contributed by atoms with Crippen molar-refractivity contribution < 1.29 is 31.7 Å². The van der Waals surface area contributed by atoms with E-state index >= 15 is 4.39 Å². The first kappa shape index (κ1) is 29.8. The molecule has 0 saturated carbocycles. The number of alkyl carbamates (subject to hydrolysis) is 1. The molecule has 2 aromatic rings. The lowest BCUT2D eigenvalue weighted by Gasteiger charge is -2.45. The molecule has 15 heteroatoms. The van der Waals surface area contributed by atoms with Crippen LogP contribution in [0.1, 0.15) is 70.6 Å². The monoisotopic (exact) mass is 602 g/mol. The second-order valence-electron chi connectivity index (χ2n) is 11.2. The van der Waals surface area contributed by atoms with Gasteiger partial charge in [-0.3, -0.25) is 15.1 Å². The molecule has 2 N–H and O–H groups in total. The standard InChI is InChI=1S/C25H30ClF3N6O4S/c1-23(2,3)39-22(37)32-20-24(4,5)40(38)17(9-10-30-40)25(6,33-20)14-11-13(7-8-16(14)27)31-19(36)18-15(26)12-35(34-18)21(28)29/h7-8,11-12,17,21H,9-10H2,1-6H3,(H,31,36)(H,32,33,37)/t17-,25+,40?/m0/s1. The van der Waals surface area contributed by atoms with Crippen molar-refractivity contribution in [3.8, 4) is 0 Å². The molecule has 10 nitrogen and oxygen atoms in total. The third-order valence-electron chi connectivity index (χ3n) is 6.82. The number of amides is 2. The normalized spacial score (nSPS) is 25.6. The number of benzene rings is 1. The van der Waals surface area contributed by atoms with Crippen LogP contribution >= 0.6 is 11.6 Å². The molecule has 2 aliphatic rings. The topological polar surface area (TPSA) is 127 Å². The molecule has 0 radical (unpaired) electrons. The fraction of sp³-hybridized carbons (Fsp3) is 0.520. The minimum atomic E-state index is -3.11. The van der Waals surface area contributed by atoms with Crippen molar-refractivity contribution in [2.45, 2.75) is 75.6 Å². The SMILES string of the molecule is CC(C)(C)OC(=O)NC1=N[C@](C)(c2cc(NC(=O)c3nn(C(F)F)cc3Cl)ccc2F)[C@@H]2CCN=S2(=O)C1(C)C. The maximum atomic E-state index is 15.5. The maximum absolute atomic E-state index is 15.5. The average molecular weight is 603 g/mol. The number of halogens is 4. The van der Waals surface area contributed by atoms with Crippen molar-refractivity contribution in [2.24, 2.45) is 9.36 Å². The zero-order chi connectivity index (χ0) is 29.8. The first-order valence-corrected chi connectivity index (χ1v) is 14.3. The Hall–Kier alpha value is -3.13. The lowest BCUT2D eigenvalue weighted by molar-refractivity contribution is 0.0553. The van der Waals surface area contributed by atoms with E-state index in [1.54, 1.807) is 41.5 Å². The summed E-state index contributed by atoms with van der Waals surface area (Å²) in [5, 5.41) is 7.57. The van der Waals surface area contributed by atoms with Gasteiger partial charge in [0, 0.05) is 17.8 Å². The van der Waals surface area contributed by atoms with Gasteiger partial charge >= 0.3 is 12.6 Å². The summed E-state index contributed by atoms with van der Waals surface area (Å²) in [6, 6.07) is 3.68. The van der Waals surface area contributed by atoms with Gasteiger partial charge in [-0.15, -0.1) is 0 Å². The van der Waals surface area contributed by atoms with Crippen molar-refractivity contribution >= 4 is 44.9 Å². The molecular formula is C25H30ClF3N6O4S. The van der Waals surface area contributed by atoms with Gasteiger partial charge in [-0.25, -0.2) is 22.4 Å². The number of carbonyl (C=O) groups excluding carboxylic acids is 2. The van der Waals surface area contributed by atoms with Crippen LogP contribution in [0.4, 0.5) is 23.7 Å². The molecule has 3 atom stereocenters. The third kappa shape index (κ3) is 5.18. The highest BCUT2D eigenvalue weighted by Crippen LogP contribution is 2.48. The number of alkyl halides is 2. The van der Waals surface area contributed by atoms with Crippen molar-refractivity contribution in [3.05, 3.63) is 46.5 Å². The number of rotatable bonds is 4. The molecule has 1 aromatic heterocycles. The first-order valence-electron chi connectivity index (χ1n) is 12.3. The number of aromatic nitrogens is 2. The largest absolute Gasteiger partial charge is 0.444 e. The summed E-state index contributed by atoms with van der Waals surface area (Å²) in [5.41, 5.74) is -2.66. The highest BCUT2D eigenvalue weighted by atomic mass is 35.5. The van der Waals surface area contributed by atoms with Crippen LogP contribution in [0.15, 0.2) is 33.8 Å². The van der Waals surface area contributed by atoms with Gasteiger partial charge in [-0.05, 0) is 66.2 Å². The molecule has 2 amide bonds. The molecule has 0 aliphatic carbocycles. The molecule has 0 saturated heterocycles. The highest BCUT2D eigenvalue weighted by molar-refractivity contribution is 7.96. The van der Waals surface area contributed by atoms with Gasteiger partial charge in [0.2, 0.25) is 0 Å². The predicted molar refractivity (Wildman–Crippen MR) is 145 cm³/mol. The van der Waals surface area contributed by atoms with Crippen molar-refractivity contribution in [3.63, 3.8) is 0 Å². The maximum Gasteiger partial charge on any atom is 0.413 e. The number of carbonyl (C=O) groups is 2. The minimum absolute atomic E-state index is 0.0108. The number of nitrogens with one attached hydrogen (secondary N) is 2. The van der Waals surface area contributed by atoms with Crippen LogP contribution in [0, 0.1) is 5.82 Å². The van der Waals surface area contributed by atoms with Crippen molar-refractivity contribution in [1.82, 2.24) is 15.1 Å². The molecule has 3 heterocycles. The Bertz CT molecular complexity index is 1530. The minimum Gasteiger partial charge on any atom is -0.444 e. The summed E-state index contributed by atoms with van der Waals surface area (Å²) in [6.07, 6.45) is 0.345. The highest BCUT2D eigenvalue weighted by Gasteiger charge is 2.57. The molecule has 1 aromatic carbocycles. The summed E-state index contributed by atoms with van der Waals surface area (Å²) >= 11 is 5.91. The number of hydrogen-bond acceptors (Lipinski definition) is 7. The fourth-order valence-corrected chi connectivity index (χ4v) is 8.27. The van der Waals surface area contributed by atoms with Gasteiger partial charge in [0.05, 0.1) is 26.2 Å². The first-order chi connectivity index (χ1) is 18.4. The number of fused-ring (bicyclic) bond motifs is 1. The van der Waals surface area contributed by atoms with Crippen LogP contribution in [0.5, 0.6) is 0 Å². The number of hydrogen-bond donors (Lipinski definition) is 2. The number of anilines is 1. The third-order valence-corrected chi connectivity index (χ3v) is 10.8. The molecule has 0 bridgehead atoms. The molecular weight excluding hydrogens is 573 g/mol.